The van der Waals surface area contributed by atoms with Gasteiger partial charge in [-0.05, 0) is 45.6 Å². The van der Waals surface area contributed by atoms with E-state index in [0.29, 0.717) is 18.7 Å². The van der Waals surface area contributed by atoms with E-state index in [2.05, 4.69) is 24.1 Å². The zero-order valence-corrected chi connectivity index (χ0v) is 11.9. The molecule has 0 fully saturated rings. The van der Waals surface area contributed by atoms with E-state index in [1.807, 2.05) is 14.1 Å². The third kappa shape index (κ3) is 4.53. The number of benzene rings is 1. The topological polar surface area (TPSA) is 35.5 Å². The summed E-state index contributed by atoms with van der Waals surface area (Å²) in [5.74, 6) is -1.84. The van der Waals surface area contributed by atoms with Crippen LogP contribution in [0.5, 0.6) is 0 Å². The van der Waals surface area contributed by atoms with Crippen LogP contribution in [0.25, 0.3) is 0 Å². The molecule has 19 heavy (non-hydrogen) atoms. The van der Waals surface area contributed by atoms with Crippen LogP contribution in [0.4, 0.5) is 8.78 Å². The molecule has 0 aliphatic rings. The molecule has 3 nitrogen and oxygen atoms in total. The number of halogens is 2. The Labute approximate surface area is 113 Å². The van der Waals surface area contributed by atoms with E-state index in [-0.39, 0.29) is 5.54 Å². The summed E-state index contributed by atoms with van der Waals surface area (Å²) < 4.78 is 25.8. The third-order valence-electron chi connectivity index (χ3n) is 3.43. The largest absolute Gasteiger partial charge is 0.387 e. The van der Waals surface area contributed by atoms with Gasteiger partial charge in [0.05, 0.1) is 6.10 Å². The zero-order chi connectivity index (χ0) is 14.6. The maximum absolute atomic E-state index is 13.0. The van der Waals surface area contributed by atoms with Gasteiger partial charge in [-0.3, -0.25) is 0 Å². The van der Waals surface area contributed by atoms with Crippen LogP contribution >= 0.6 is 0 Å². The molecular weight excluding hydrogens is 250 g/mol. The molecule has 1 aromatic rings. The number of hydrogen-bond acceptors (Lipinski definition) is 3. The third-order valence-corrected chi connectivity index (χ3v) is 3.43. The highest BCUT2D eigenvalue weighted by atomic mass is 19.2. The van der Waals surface area contributed by atoms with Gasteiger partial charge in [-0.2, -0.15) is 0 Å². The van der Waals surface area contributed by atoms with E-state index >= 15 is 0 Å². The molecule has 1 rings (SSSR count). The highest BCUT2D eigenvalue weighted by molar-refractivity contribution is 5.20. The van der Waals surface area contributed by atoms with Crippen LogP contribution < -0.4 is 5.32 Å². The molecule has 0 bridgehead atoms. The summed E-state index contributed by atoms with van der Waals surface area (Å²) in [4.78, 5) is 2.07. The van der Waals surface area contributed by atoms with E-state index in [1.165, 1.54) is 6.07 Å². The number of hydrogen-bond donors (Lipinski definition) is 2. The van der Waals surface area contributed by atoms with Crippen LogP contribution in [0.3, 0.4) is 0 Å². The van der Waals surface area contributed by atoms with Crippen LogP contribution in [-0.4, -0.2) is 42.7 Å². The molecule has 0 heterocycles. The SMILES string of the molecule is CN(C)C(C)(C)CNCC(O)c1ccc(F)c(F)c1. The molecular formula is C14H22F2N2O. The minimum atomic E-state index is -0.940. The molecule has 0 saturated carbocycles. The Kier molecular flexibility index (Phi) is 5.40. The van der Waals surface area contributed by atoms with Crippen LogP contribution in [-0.2, 0) is 0 Å². The van der Waals surface area contributed by atoms with Crippen LogP contribution in [0.15, 0.2) is 18.2 Å². The molecule has 0 aromatic heterocycles. The van der Waals surface area contributed by atoms with Crippen molar-refractivity contribution in [2.24, 2.45) is 0 Å². The predicted octanol–water partition coefficient (Wildman–Crippen LogP) is 1.93. The fourth-order valence-electron chi connectivity index (χ4n) is 1.51. The molecule has 108 valence electrons. The lowest BCUT2D eigenvalue weighted by molar-refractivity contribution is 0.152. The molecule has 2 N–H and O–H groups in total. The molecule has 0 amide bonds. The highest BCUT2D eigenvalue weighted by Gasteiger charge is 2.20. The minimum Gasteiger partial charge on any atom is -0.387 e. The van der Waals surface area contributed by atoms with Crippen molar-refractivity contribution >= 4 is 0 Å². The summed E-state index contributed by atoms with van der Waals surface area (Å²) in [7, 11) is 3.96. The maximum Gasteiger partial charge on any atom is 0.159 e. The summed E-state index contributed by atoms with van der Waals surface area (Å²) in [5, 5.41) is 13.0. The lowest BCUT2D eigenvalue weighted by Crippen LogP contribution is -2.47. The van der Waals surface area contributed by atoms with E-state index in [4.69, 9.17) is 0 Å². The average molecular weight is 272 g/mol. The van der Waals surface area contributed by atoms with Gasteiger partial charge >= 0.3 is 0 Å². The number of aliphatic hydroxyl groups excluding tert-OH is 1. The normalized spacial score (nSPS) is 13.9. The van der Waals surface area contributed by atoms with Crippen molar-refractivity contribution in [3.63, 3.8) is 0 Å². The number of likely N-dealkylation sites (N-methyl/N-ethyl adjacent to an activating group) is 1. The molecule has 1 unspecified atom stereocenters. The molecule has 1 atom stereocenters. The van der Waals surface area contributed by atoms with Gasteiger partial charge in [-0.1, -0.05) is 6.07 Å². The maximum atomic E-state index is 13.0. The van der Waals surface area contributed by atoms with E-state index < -0.39 is 17.7 Å². The van der Waals surface area contributed by atoms with Crippen LogP contribution in [0.2, 0.25) is 0 Å². The molecule has 5 heteroatoms. The van der Waals surface area contributed by atoms with Crippen molar-refractivity contribution in [1.82, 2.24) is 10.2 Å². The Balaban J connectivity index is 2.52. The van der Waals surface area contributed by atoms with Crippen molar-refractivity contribution in [2.45, 2.75) is 25.5 Å². The van der Waals surface area contributed by atoms with Crippen molar-refractivity contribution in [3.8, 4) is 0 Å². The van der Waals surface area contributed by atoms with Crippen molar-refractivity contribution < 1.29 is 13.9 Å². The summed E-state index contributed by atoms with van der Waals surface area (Å²) in [6.07, 6.45) is -0.854. The quantitative estimate of drug-likeness (QED) is 0.830. The second-order valence-electron chi connectivity index (χ2n) is 5.53. The van der Waals surface area contributed by atoms with E-state index in [1.54, 1.807) is 0 Å². The lowest BCUT2D eigenvalue weighted by atomic mass is 10.0. The Morgan fingerprint density at radius 3 is 2.42 bits per heavy atom. The Hall–Kier alpha value is -1.04. The predicted molar refractivity (Wildman–Crippen MR) is 72.0 cm³/mol. The molecule has 0 radical (unpaired) electrons. The fourth-order valence-corrected chi connectivity index (χ4v) is 1.51. The zero-order valence-electron chi connectivity index (χ0n) is 11.9. The first kappa shape index (κ1) is 16.0. The van der Waals surface area contributed by atoms with Crippen LogP contribution in [0.1, 0.15) is 25.5 Å². The number of nitrogens with zero attached hydrogens (tertiary/aromatic N) is 1. The first-order valence-electron chi connectivity index (χ1n) is 6.25. The van der Waals surface area contributed by atoms with Gasteiger partial charge in [-0.15, -0.1) is 0 Å². The first-order chi connectivity index (χ1) is 8.74. The van der Waals surface area contributed by atoms with E-state index in [9.17, 15) is 13.9 Å². The number of aliphatic hydroxyl groups is 1. The monoisotopic (exact) mass is 272 g/mol. The second-order valence-corrected chi connectivity index (χ2v) is 5.53. The van der Waals surface area contributed by atoms with Gasteiger partial charge in [0, 0.05) is 18.6 Å². The Morgan fingerprint density at radius 1 is 1.26 bits per heavy atom. The molecule has 0 saturated heterocycles. The van der Waals surface area contributed by atoms with Crippen LogP contribution in [0, 0.1) is 11.6 Å². The van der Waals surface area contributed by atoms with E-state index in [0.717, 1.165) is 12.1 Å². The fraction of sp³-hybridized carbons (Fsp3) is 0.571. The lowest BCUT2D eigenvalue weighted by Gasteiger charge is -2.33. The van der Waals surface area contributed by atoms with Crippen molar-refractivity contribution in [2.75, 3.05) is 27.2 Å². The number of nitrogens with one attached hydrogen (secondary N) is 1. The van der Waals surface area contributed by atoms with Gasteiger partial charge in [0.1, 0.15) is 0 Å². The number of rotatable bonds is 6. The first-order valence-corrected chi connectivity index (χ1v) is 6.25. The Bertz CT molecular complexity index is 422. The summed E-state index contributed by atoms with van der Waals surface area (Å²) in [5.41, 5.74) is 0.322. The highest BCUT2D eigenvalue weighted by Crippen LogP contribution is 2.16. The van der Waals surface area contributed by atoms with Crippen molar-refractivity contribution in [1.29, 1.82) is 0 Å². The molecule has 0 aliphatic heterocycles. The Morgan fingerprint density at radius 2 is 1.89 bits per heavy atom. The van der Waals surface area contributed by atoms with Gasteiger partial charge in [0.15, 0.2) is 11.6 Å². The molecule has 0 spiro atoms. The van der Waals surface area contributed by atoms with Gasteiger partial charge in [-0.25, -0.2) is 8.78 Å². The van der Waals surface area contributed by atoms with Crippen molar-refractivity contribution in [3.05, 3.63) is 35.4 Å². The van der Waals surface area contributed by atoms with Gasteiger partial charge in [0.25, 0.3) is 0 Å². The molecule has 0 aliphatic carbocycles. The summed E-state index contributed by atoms with van der Waals surface area (Å²) in [6.45, 7) is 5.12. The van der Waals surface area contributed by atoms with Gasteiger partial charge < -0.3 is 15.3 Å². The standard InChI is InChI=1S/C14H22F2N2O/c1-14(2,18(3)4)9-17-8-13(19)10-5-6-11(15)12(16)7-10/h5-7,13,17,19H,8-9H2,1-4H3. The van der Waals surface area contributed by atoms with Gasteiger partial charge in [0.2, 0.25) is 0 Å². The minimum absolute atomic E-state index is 0.0479. The average Bonchev–Trinajstić information content (AvgIpc) is 2.32. The summed E-state index contributed by atoms with van der Waals surface area (Å²) in [6, 6.07) is 3.44. The summed E-state index contributed by atoms with van der Waals surface area (Å²) >= 11 is 0. The smallest absolute Gasteiger partial charge is 0.159 e. The second kappa shape index (κ2) is 6.41. The molecule has 1 aromatic carbocycles.